The second-order valence-electron chi connectivity index (χ2n) is 7.11. The van der Waals surface area contributed by atoms with E-state index in [2.05, 4.69) is 9.97 Å². The summed E-state index contributed by atoms with van der Waals surface area (Å²) in [5.41, 5.74) is 2.03. The van der Waals surface area contributed by atoms with Gasteiger partial charge in [-0.05, 0) is 28.6 Å². The third-order valence-electron chi connectivity index (χ3n) is 5.26. The predicted molar refractivity (Wildman–Crippen MR) is 111 cm³/mol. The summed E-state index contributed by atoms with van der Waals surface area (Å²) < 4.78 is 5.71. The summed E-state index contributed by atoms with van der Waals surface area (Å²) >= 11 is 8.13. The normalized spacial score (nSPS) is 27.7. The van der Waals surface area contributed by atoms with E-state index in [1.807, 2.05) is 17.5 Å². The van der Waals surface area contributed by atoms with Crippen LogP contribution in [0.25, 0.3) is 0 Å². The zero-order chi connectivity index (χ0) is 21.3. The van der Waals surface area contributed by atoms with Crippen molar-refractivity contribution >= 4 is 22.9 Å². The lowest BCUT2D eigenvalue weighted by atomic mass is 9.88. The van der Waals surface area contributed by atoms with Crippen LogP contribution in [-0.4, -0.2) is 61.4 Å². The molecule has 1 aliphatic rings. The van der Waals surface area contributed by atoms with Crippen molar-refractivity contribution in [3.63, 3.8) is 0 Å². The van der Waals surface area contributed by atoms with Gasteiger partial charge in [-0.3, -0.25) is 9.97 Å². The van der Waals surface area contributed by atoms with Crippen molar-refractivity contribution in [1.82, 2.24) is 9.97 Å². The van der Waals surface area contributed by atoms with Crippen LogP contribution in [0, 0.1) is 0 Å². The average molecular weight is 449 g/mol. The maximum atomic E-state index is 10.5. The molecule has 0 spiro atoms. The predicted octanol–water partition coefficient (Wildman–Crippen LogP) is 1.89. The Labute approximate surface area is 182 Å². The van der Waals surface area contributed by atoms with E-state index in [9.17, 15) is 20.4 Å². The molecule has 1 fully saturated rings. The molecule has 0 amide bonds. The molecule has 3 aromatic rings. The Morgan fingerprint density at radius 2 is 1.93 bits per heavy atom. The lowest BCUT2D eigenvalue weighted by Crippen LogP contribution is -2.55. The van der Waals surface area contributed by atoms with E-state index in [1.54, 1.807) is 48.1 Å². The maximum absolute atomic E-state index is 10.5. The highest BCUT2D eigenvalue weighted by Crippen LogP contribution is 2.40. The molecule has 1 aliphatic heterocycles. The molecule has 3 heterocycles. The lowest BCUT2D eigenvalue weighted by molar-refractivity contribution is -0.231. The fraction of sp³-hybridized carbons (Fsp3) is 0.333. The van der Waals surface area contributed by atoms with Gasteiger partial charge in [0.05, 0.1) is 18.2 Å². The largest absolute Gasteiger partial charge is 0.394 e. The van der Waals surface area contributed by atoms with Gasteiger partial charge in [0.15, 0.2) is 0 Å². The minimum Gasteiger partial charge on any atom is -0.394 e. The monoisotopic (exact) mass is 448 g/mol. The van der Waals surface area contributed by atoms with Crippen LogP contribution in [0.3, 0.4) is 0 Å². The molecule has 0 aliphatic carbocycles. The first-order valence-electron chi connectivity index (χ1n) is 9.40. The Hall–Kier alpha value is -1.91. The summed E-state index contributed by atoms with van der Waals surface area (Å²) in [6, 6.07) is 9.12. The Kier molecular flexibility index (Phi) is 6.45. The van der Waals surface area contributed by atoms with Crippen molar-refractivity contribution < 1.29 is 25.2 Å². The molecule has 158 valence electrons. The standard InChI is InChI=1S/C21H21ClN2O5S/c22-13-4-3-11(21-20(28)19(27)18(26)15(10-25)29-21)8-12(13)17(16-2-1-7-30-16)14-9-23-5-6-24-14/h1-9,15,17-21,25-28H,10H2/t15-,17?,18-,19+,20-,21+/m1/s1. The molecule has 1 aromatic carbocycles. The Bertz CT molecular complexity index is 973. The molecule has 0 radical (unpaired) electrons. The summed E-state index contributed by atoms with van der Waals surface area (Å²) in [5.74, 6) is -0.281. The SMILES string of the molecule is OC[C@H]1O[C@@H](c2ccc(Cl)c(C(c3cnccn3)c3cccs3)c2)[C@H](O)[C@@H](O)[C@@H]1O. The third-order valence-corrected chi connectivity index (χ3v) is 6.54. The van der Waals surface area contributed by atoms with Crippen molar-refractivity contribution in [3.8, 4) is 0 Å². The second kappa shape index (κ2) is 9.07. The molecule has 9 heteroatoms. The van der Waals surface area contributed by atoms with E-state index in [-0.39, 0.29) is 5.92 Å². The molecule has 30 heavy (non-hydrogen) atoms. The molecule has 0 bridgehead atoms. The first-order chi connectivity index (χ1) is 14.5. The topological polar surface area (TPSA) is 116 Å². The van der Waals surface area contributed by atoms with Crippen LogP contribution in [-0.2, 0) is 4.74 Å². The minimum absolute atomic E-state index is 0.281. The van der Waals surface area contributed by atoms with Gasteiger partial charge in [-0.1, -0.05) is 29.8 Å². The minimum atomic E-state index is -1.45. The van der Waals surface area contributed by atoms with Gasteiger partial charge in [-0.2, -0.15) is 0 Å². The summed E-state index contributed by atoms with van der Waals surface area (Å²) in [6.07, 6.45) is -1.26. The summed E-state index contributed by atoms with van der Waals surface area (Å²) in [6.45, 7) is -0.487. The number of nitrogens with zero attached hydrogens (tertiary/aromatic N) is 2. The van der Waals surface area contributed by atoms with Crippen LogP contribution in [0.5, 0.6) is 0 Å². The van der Waals surface area contributed by atoms with Gasteiger partial charge in [0, 0.05) is 28.5 Å². The Morgan fingerprint density at radius 1 is 1.10 bits per heavy atom. The van der Waals surface area contributed by atoms with E-state index >= 15 is 0 Å². The van der Waals surface area contributed by atoms with Crippen LogP contribution in [0.15, 0.2) is 54.3 Å². The molecule has 7 nitrogen and oxygen atoms in total. The molecule has 4 rings (SSSR count). The molecule has 6 atom stereocenters. The first kappa shape index (κ1) is 21.3. The highest BCUT2D eigenvalue weighted by molar-refractivity contribution is 7.10. The molecule has 2 aromatic heterocycles. The van der Waals surface area contributed by atoms with Crippen molar-refractivity contribution in [3.05, 3.63) is 81.0 Å². The van der Waals surface area contributed by atoms with Crippen LogP contribution >= 0.6 is 22.9 Å². The molecular weight excluding hydrogens is 428 g/mol. The number of rotatable bonds is 5. The fourth-order valence-electron chi connectivity index (χ4n) is 3.71. The van der Waals surface area contributed by atoms with Crippen LogP contribution in [0.2, 0.25) is 5.02 Å². The van der Waals surface area contributed by atoms with E-state index in [0.29, 0.717) is 16.3 Å². The van der Waals surface area contributed by atoms with Crippen molar-refractivity contribution in [2.75, 3.05) is 6.61 Å². The van der Waals surface area contributed by atoms with Gasteiger partial charge in [0.1, 0.15) is 30.5 Å². The molecule has 1 unspecified atom stereocenters. The fourth-order valence-corrected chi connectivity index (χ4v) is 4.79. The first-order valence-corrected chi connectivity index (χ1v) is 10.7. The number of halogens is 1. The quantitative estimate of drug-likeness (QED) is 0.471. The number of hydrogen-bond donors (Lipinski definition) is 4. The Morgan fingerprint density at radius 3 is 2.60 bits per heavy atom. The highest BCUT2D eigenvalue weighted by atomic mass is 35.5. The molecule has 0 saturated carbocycles. The van der Waals surface area contributed by atoms with Crippen molar-refractivity contribution in [2.45, 2.75) is 36.4 Å². The van der Waals surface area contributed by atoms with E-state index in [4.69, 9.17) is 16.3 Å². The zero-order valence-electron chi connectivity index (χ0n) is 15.7. The van der Waals surface area contributed by atoms with Gasteiger partial charge >= 0.3 is 0 Å². The van der Waals surface area contributed by atoms with Crippen LogP contribution < -0.4 is 0 Å². The zero-order valence-corrected chi connectivity index (χ0v) is 17.3. The highest BCUT2D eigenvalue weighted by Gasteiger charge is 2.44. The third kappa shape index (κ3) is 4.00. The van der Waals surface area contributed by atoms with Gasteiger partial charge in [-0.25, -0.2) is 0 Å². The van der Waals surface area contributed by atoms with Gasteiger partial charge in [0.25, 0.3) is 0 Å². The second-order valence-corrected chi connectivity index (χ2v) is 8.50. The summed E-state index contributed by atoms with van der Waals surface area (Å²) in [5, 5.41) is 42.7. The molecular formula is C21H21ClN2O5S. The van der Waals surface area contributed by atoms with Gasteiger partial charge in [-0.15, -0.1) is 11.3 Å². The number of aliphatic hydroxyl groups excluding tert-OH is 4. The average Bonchev–Trinajstić information content (AvgIpc) is 3.29. The maximum Gasteiger partial charge on any atom is 0.113 e. The summed E-state index contributed by atoms with van der Waals surface area (Å²) in [4.78, 5) is 9.65. The smallest absolute Gasteiger partial charge is 0.113 e. The number of thiophene rings is 1. The number of ether oxygens (including phenoxy) is 1. The summed E-state index contributed by atoms with van der Waals surface area (Å²) in [7, 11) is 0. The van der Waals surface area contributed by atoms with Crippen LogP contribution in [0.4, 0.5) is 0 Å². The van der Waals surface area contributed by atoms with E-state index < -0.39 is 37.1 Å². The van der Waals surface area contributed by atoms with E-state index in [1.165, 1.54) is 0 Å². The lowest BCUT2D eigenvalue weighted by Gasteiger charge is -2.40. The Balaban J connectivity index is 1.77. The van der Waals surface area contributed by atoms with Gasteiger partial charge in [0.2, 0.25) is 0 Å². The number of aliphatic hydroxyl groups is 4. The van der Waals surface area contributed by atoms with Crippen molar-refractivity contribution in [1.29, 1.82) is 0 Å². The molecule has 1 saturated heterocycles. The number of hydrogen-bond acceptors (Lipinski definition) is 8. The number of benzene rings is 1. The van der Waals surface area contributed by atoms with Gasteiger partial charge < -0.3 is 25.2 Å². The van der Waals surface area contributed by atoms with Crippen LogP contribution in [0.1, 0.15) is 33.7 Å². The van der Waals surface area contributed by atoms with E-state index in [0.717, 1.165) is 10.4 Å². The molecule has 4 N–H and O–H groups in total. The van der Waals surface area contributed by atoms with Crippen molar-refractivity contribution in [2.24, 2.45) is 0 Å². The number of aromatic nitrogens is 2.